The van der Waals surface area contributed by atoms with Crippen molar-refractivity contribution in [2.75, 3.05) is 46.4 Å². The van der Waals surface area contributed by atoms with Crippen molar-refractivity contribution in [3.8, 4) is 28.7 Å². The lowest BCUT2D eigenvalue weighted by atomic mass is 9.93. The Kier molecular flexibility index (Phi) is 14.2. The van der Waals surface area contributed by atoms with Crippen LogP contribution in [0.15, 0.2) is 54.6 Å². The molecule has 2 aliphatic rings. The molecule has 0 aromatic heterocycles. The highest BCUT2D eigenvalue weighted by Gasteiger charge is 2.38. The number of nitrogens with one attached hydrogen (secondary N) is 5. The molecule has 302 valence electrons. The van der Waals surface area contributed by atoms with E-state index in [1.807, 2.05) is 32.0 Å². The number of nitriles is 1. The van der Waals surface area contributed by atoms with Crippen molar-refractivity contribution >= 4 is 29.5 Å². The summed E-state index contributed by atoms with van der Waals surface area (Å²) < 4.78 is 12.1. The minimum atomic E-state index is -1.25. The summed E-state index contributed by atoms with van der Waals surface area (Å²) in [6.45, 7) is 6.15. The zero-order valence-corrected chi connectivity index (χ0v) is 32.6. The molecule has 3 aromatic carbocycles. The SMILES string of the molecule is Cc1ccc(C(=O)N[C@@H]2CN[C@H](C(=O)N(C)[C@@H]3C(=O)N[C@@H](C)C(=O)N[C@H](C(=O)NCC#N)Cc4ccc(OCCN)c(c4)-c4cc3ccc4OCCN)C2)c(C)c1. The summed E-state index contributed by atoms with van der Waals surface area (Å²) in [5.41, 5.74) is 16.1. The van der Waals surface area contributed by atoms with Crippen molar-refractivity contribution in [2.45, 2.75) is 63.8 Å². The number of fused-ring (bicyclic) bond motifs is 5. The van der Waals surface area contributed by atoms with Gasteiger partial charge < -0.3 is 52.4 Å². The molecular formula is C41H51N9O7. The van der Waals surface area contributed by atoms with Crippen LogP contribution in [0.2, 0.25) is 0 Å². The van der Waals surface area contributed by atoms with Crippen LogP contribution in [-0.4, -0.2) is 105 Å². The molecule has 16 heteroatoms. The highest BCUT2D eigenvalue weighted by Crippen LogP contribution is 2.40. The Morgan fingerprint density at radius 1 is 0.912 bits per heavy atom. The first-order valence-corrected chi connectivity index (χ1v) is 18.9. The molecule has 0 spiro atoms. The first kappa shape index (κ1) is 42.1. The van der Waals surface area contributed by atoms with E-state index in [9.17, 15) is 24.0 Å². The molecule has 1 fully saturated rings. The topological polar surface area (TPSA) is 243 Å². The average molecular weight is 782 g/mol. The molecule has 1 saturated heterocycles. The number of nitrogens with two attached hydrogens (primary N) is 2. The maximum Gasteiger partial charge on any atom is 0.251 e. The third kappa shape index (κ3) is 10.2. The third-order valence-corrected chi connectivity index (χ3v) is 9.94. The molecule has 16 nitrogen and oxygen atoms in total. The number of carbonyl (C=O) groups is 5. The van der Waals surface area contributed by atoms with Gasteiger partial charge in [0.1, 0.15) is 49.4 Å². The molecule has 5 amide bonds. The van der Waals surface area contributed by atoms with E-state index in [1.54, 1.807) is 42.5 Å². The molecule has 4 bridgehead atoms. The van der Waals surface area contributed by atoms with Crippen molar-refractivity contribution < 1.29 is 33.4 Å². The minimum Gasteiger partial charge on any atom is -0.492 e. The normalized spacial score (nSPS) is 20.5. The Morgan fingerprint density at radius 2 is 1.60 bits per heavy atom. The zero-order valence-electron chi connectivity index (χ0n) is 32.6. The van der Waals surface area contributed by atoms with Crippen molar-refractivity contribution in [1.29, 1.82) is 5.26 Å². The van der Waals surface area contributed by atoms with Crippen molar-refractivity contribution in [2.24, 2.45) is 11.5 Å². The van der Waals surface area contributed by atoms with Crippen LogP contribution in [0.5, 0.6) is 11.5 Å². The van der Waals surface area contributed by atoms with Gasteiger partial charge in [-0.25, -0.2) is 0 Å². The van der Waals surface area contributed by atoms with Crippen LogP contribution < -0.4 is 47.5 Å². The van der Waals surface area contributed by atoms with E-state index in [2.05, 4.69) is 26.6 Å². The molecule has 0 saturated carbocycles. The van der Waals surface area contributed by atoms with Crippen LogP contribution >= 0.6 is 0 Å². The van der Waals surface area contributed by atoms with Crippen LogP contribution in [-0.2, 0) is 25.6 Å². The lowest BCUT2D eigenvalue weighted by Gasteiger charge is -2.31. The molecule has 0 unspecified atom stereocenters. The highest BCUT2D eigenvalue weighted by atomic mass is 16.5. The highest BCUT2D eigenvalue weighted by molar-refractivity contribution is 5.97. The first-order chi connectivity index (χ1) is 27.3. The van der Waals surface area contributed by atoms with Gasteiger partial charge in [0.2, 0.25) is 23.6 Å². The molecule has 3 aromatic rings. The molecule has 5 rings (SSSR count). The second-order valence-corrected chi connectivity index (χ2v) is 14.3. The third-order valence-electron chi connectivity index (χ3n) is 9.94. The van der Waals surface area contributed by atoms with Gasteiger partial charge in [0.15, 0.2) is 0 Å². The van der Waals surface area contributed by atoms with E-state index < -0.39 is 47.8 Å². The summed E-state index contributed by atoms with van der Waals surface area (Å²) in [5, 5.41) is 23.3. The standard InChI is InChI=1S/C41H51N9O7/c1-23-5-8-29(24(2)17-23)38(52)48-28-21-33(46-22-28)41(55)50(4)36-27-7-10-35(57-16-13-44)31(20-27)30-18-26(6-9-34(30)56-15-12-43)19-32(39(53)45-14-11-42)49-37(51)25(3)47-40(36)54/h5-10,17-18,20,25,28,32-33,36,46H,12-16,19,21-22,43-44H2,1-4H3,(H,45,53)(H,47,54)(H,48,52)(H,49,51)/t25-,28-,32-,33-,36-/m0/s1. The Morgan fingerprint density at radius 3 is 2.26 bits per heavy atom. The number of carbonyl (C=O) groups excluding carboxylic acids is 5. The fraction of sp³-hybridized carbons (Fsp3) is 0.415. The molecule has 57 heavy (non-hydrogen) atoms. The number of rotatable bonds is 12. The van der Waals surface area contributed by atoms with Gasteiger partial charge >= 0.3 is 0 Å². The van der Waals surface area contributed by atoms with Gasteiger partial charge in [0.25, 0.3) is 5.91 Å². The van der Waals surface area contributed by atoms with E-state index in [0.29, 0.717) is 45.9 Å². The quantitative estimate of drug-likeness (QED) is 0.125. The average Bonchev–Trinajstić information content (AvgIpc) is 3.66. The maximum absolute atomic E-state index is 14.4. The number of amides is 5. The van der Waals surface area contributed by atoms with E-state index >= 15 is 0 Å². The molecular weight excluding hydrogens is 731 g/mol. The second-order valence-electron chi connectivity index (χ2n) is 14.3. The van der Waals surface area contributed by atoms with Crippen LogP contribution in [0.1, 0.15) is 52.0 Å². The summed E-state index contributed by atoms with van der Waals surface area (Å²) in [6, 6.07) is 13.2. The summed E-state index contributed by atoms with van der Waals surface area (Å²) in [6.07, 6.45) is 0.306. The predicted octanol–water partition coefficient (Wildman–Crippen LogP) is 0.491. The molecule has 2 heterocycles. The van der Waals surface area contributed by atoms with Gasteiger partial charge in [0.05, 0.1) is 12.1 Å². The molecule has 0 radical (unpaired) electrons. The number of aryl methyl sites for hydroxylation is 2. The van der Waals surface area contributed by atoms with Gasteiger partial charge in [-0.2, -0.15) is 5.26 Å². The monoisotopic (exact) mass is 781 g/mol. The van der Waals surface area contributed by atoms with Gasteiger partial charge in [0, 0.05) is 55.8 Å². The Hall–Kier alpha value is -6.02. The van der Waals surface area contributed by atoms with Gasteiger partial charge in [-0.1, -0.05) is 29.8 Å². The fourth-order valence-electron chi connectivity index (χ4n) is 7.07. The van der Waals surface area contributed by atoms with Gasteiger partial charge in [-0.15, -0.1) is 0 Å². The number of ether oxygens (including phenoxy) is 2. The Bertz CT molecular complexity index is 2030. The first-order valence-electron chi connectivity index (χ1n) is 18.9. The van der Waals surface area contributed by atoms with Gasteiger partial charge in [-0.3, -0.25) is 24.0 Å². The number of benzene rings is 3. The summed E-state index contributed by atoms with van der Waals surface area (Å²) in [7, 11) is 1.51. The number of likely N-dealkylation sites (N-methyl/N-ethyl adjacent to an activating group) is 1. The van der Waals surface area contributed by atoms with Crippen molar-refractivity contribution in [1.82, 2.24) is 31.5 Å². The largest absolute Gasteiger partial charge is 0.492 e. The lowest BCUT2D eigenvalue weighted by molar-refractivity contribution is -0.141. The minimum absolute atomic E-state index is 0.0346. The van der Waals surface area contributed by atoms with Crippen molar-refractivity contribution in [3.63, 3.8) is 0 Å². The van der Waals surface area contributed by atoms with Crippen LogP contribution in [0.25, 0.3) is 11.1 Å². The number of hydrogen-bond acceptors (Lipinski definition) is 11. The zero-order chi connectivity index (χ0) is 41.2. The maximum atomic E-state index is 14.4. The fourth-order valence-corrected chi connectivity index (χ4v) is 7.07. The number of hydrogen-bond donors (Lipinski definition) is 7. The molecule has 9 N–H and O–H groups in total. The van der Waals surface area contributed by atoms with Gasteiger partial charge in [-0.05, 0) is 74.2 Å². The Balaban J connectivity index is 1.54. The van der Waals surface area contributed by atoms with Crippen LogP contribution in [0, 0.1) is 25.2 Å². The smallest absolute Gasteiger partial charge is 0.251 e. The van der Waals surface area contributed by atoms with Crippen molar-refractivity contribution in [3.05, 3.63) is 82.4 Å². The van der Waals surface area contributed by atoms with E-state index in [4.69, 9.17) is 26.2 Å². The van der Waals surface area contributed by atoms with E-state index in [1.165, 1.54) is 18.9 Å². The predicted molar refractivity (Wildman–Crippen MR) is 212 cm³/mol. The second kappa shape index (κ2) is 19.2. The molecule has 2 aliphatic heterocycles. The Labute approximate surface area is 332 Å². The van der Waals surface area contributed by atoms with Crippen LogP contribution in [0.4, 0.5) is 0 Å². The molecule has 5 atom stereocenters. The van der Waals surface area contributed by atoms with E-state index in [-0.39, 0.29) is 57.6 Å². The number of nitrogens with zero attached hydrogens (tertiary/aromatic N) is 2. The van der Waals surface area contributed by atoms with Crippen LogP contribution in [0.3, 0.4) is 0 Å². The summed E-state index contributed by atoms with van der Waals surface area (Å²) >= 11 is 0. The lowest BCUT2D eigenvalue weighted by Crippen LogP contribution is -2.55. The van der Waals surface area contributed by atoms with E-state index in [0.717, 1.165) is 11.1 Å². The summed E-state index contributed by atoms with van der Waals surface area (Å²) in [4.78, 5) is 69.9. The summed E-state index contributed by atoms with van der Waals surface area (Å²) in [5.74, 6) is -1.71. The molecule has 0 aliphatic carbocycles.